The molecule has 1 saturated heterocycles. The lowest BCUT2D eigenvalue weighted by molar-refractivity contribution is -0.205. The van der Waals surface area contributed by atoms with Crippen molar-refractivity contribution in [3.63, 3.8) is 0 Å². The van der Waals surface area contributed by atoms with Gasteiger partial charge in [-0.2, -0.15) is 0 Å². The molecular weight excluding hydrogens is 481 g/mol. The molecule has 5 atom stereocenters. The maximum atomic E-state index is 13.5. The molecule has 1 N–H and O–H groups in total. The number of rotatable bonds is 6. The van der Waals surface area contributed by atoms with E-state index in [2.05, 4.69) is 0 Å². The fourth-order valence-corrected chi connectivity index (χ4v) is 5.24. The minimum Gasteiger partial charge on any atom is -0.463 e. The normalized spacial score (nSPS) is 25.8. The maximum Gasteiger partial charge on any atom is 0.303 e. The van der Waals surface area contributed by atoms with Crippen LogP contribution in [0.4, 0.5) is 4.39 Å². The van der Waals surface area contributed by atoms with Crippen molar-refractivity contribution in [3.05, 3.63) is 65.5 Å². The zero-order chi connectivity index (χ0) is 25.3. The smallest absolute Gasteiger partial charge is 0.303 e. The Balaban J connectivity index is 1.75. The van der Waals surface area contributed by atoms with E-state index >= 15 is 0 Å². The maximum absolute atomic E-state index is 13.5. The molecule has 0 radical (unpaired) electrons. The highest BCUT2D eigenvalue weighted by Crippen LogP contribution is 2.40. The van der Waals surface area contributed by atoms with E-state index < -0.39 is 59.4 Å². The number of nitrogens with zero attached hydrogens (tertiary/aromatic N) is 1. The average Bonchev–Trinajstić information content (AvgIpc) is 3.06. The van der Waals surface area contributed by atoms with E-state index in [1.165, 1.54) is 43.3 Å². The molecule has 0 aromatic heterocycles. The van der Waals surface area contributed by atoms with Gasteiger partial charge >= 0.3 is 11.9 Å². The van der Waals surface area contributed by atoms with Crippen molar-refractivity contribution in [2.24, 2.45) is 0 Å². The van der Waals surface area contributed by atoms with Crippen LogP contribution in [0.15, 0.2) is 53.4 Å². The lowest BCUT2D eigenvalue weighted by atomic mass is 9.96. The van der Waals surface area contributed by atoms with E-state index in [4.69, 9.17) is 14.2 Å². The lowest BCUT2D eigenvalue weighted by Gasteiger charge is -2.46. The fourth-order valence-electron chi connectivity index (χ4n) is 4.06. The summed E-state index contributed by atoms with van der Waals surface area (Å²) in [5, 5.41) is 11.0. The number of aliphatic hydroxyl groups is 1. The molecule has 0 bridgehead atoms. The van der Waals surface area contributed by atoms with E-state index in [0.29, 0.717) is 4.90 Å². The fraction of sp³-hybridized carbons (Fsp3) is 0.333. The van der Waals surface area contributed by atoms with E-state index in [1.807, 2.05) is 0 Å². The van der Waals surface area contributed by atoms with Gasteiger partial charge in [-0.25, -0.2) is 4.39 Å². The second-order valence-corrected chi connectivity index (χ2v) is 9.17. The molecule has 1 fully saturated rings. The molecule has 4 rings (SSSR count). The van der Waals surface area contributed by atoms with Crippen LogP contribution in [0.5, 0.6) is 0 Å². The molecule has 0 saturated carbocycles. The van der Waals surface area contributed by atoms with Crippen LogP contribution < -0.4 is 0 Å². The van der Waals surface area contributed by atoms with Crippen LogP contribution in [0, 0.1) is 5.82 Å². The number of esters is 2. The molecular formula is C24H22FNO8S. The van der Waals surface area contributed by atoms with Gasteiger partial charge in [-0.1, -0.05) is 23.9 Å². The Morgan fingerprint density at radius 3 is 2.17 bits per heavy atom. The minimum absolute atomic E-state index is 0.168. The number of carbonyl (C=O) groups is 4. The summed E-state index contributed by atoms with van der Waals surface area (Å²) in [7, 11) is 0. The molecule has 0 spiro atoms. The number of carbonyl (C=O) groups excluding carboxylic acids is 4. The molecule has 2 amide bonds. The molecule has 35 heavy (non-hydrogen) atoms. The number of amides is 2. The Morgan fingerprint density at radius 2 is 1.63 bits per heavy atom. The summed E-state index contributed by atoms with van der Waals surface area (Å²) in [4.78, 5) is 51.4. The van der Waals surface area contributed by atoms with Crippen molar-refractivity contribution in [2.45, 2.75) is 48.5 Å². The van der Waals surface area contributed by atoms with Gasteiger partial charge in [-0.15, -0.1) is 0 Å². The van der Waals surface area contributed by atoms with Gasteiger partial charge in [-0.3, -0.25) is 24.1 Å². The predicted octanol–water partition coefficient (Wildman–Crippen LogP) is 2.16. The van der Waals surface area contributed by atoms with Crippen molar-refractivity contribution in [2.75, 3.05) is 6.61 Å². The van der Waals surface area contributed by atoms with Crippen LogP contribution in [-0.4, -0.2) is 70.2 Å². The van der Waals surface area contributed by atoms with Gasteiger partial charge in [0.25, 0.3) is 11.8 Å². The van der Waals surface area contributed by atoms with Gasteiger partial charge in [0.15, 0.2) is 6.10 Å². The van der Waals surface area contributed by atoms with Crippen LogP contribution >= 0.6 is 11.8 Å². The van der Waals surface area contributed by atoms with Gasteiger partial charge in [0.1, 0.15) is 36.1 Å². The van der Waals surface area contributed by atoms with Crippen molar-refractivity contribution >= 4 is 35.5 Å². The van der Waals surface area contributed by atoms with Crippen LogP contribution in [0.25, 0.3) is 0 Å². The molecule has 2 heterocycles. The standard InChI is InChI=1S/C24H22FNO8S/c1-12(27)32-11-18-20(29)21(33-13(2)28)19(24(34-18)35-15-9-7-14(25)8-10-15)26-22(30)16-5-3-4-6-17(16)23(26)31/h3-10,18-21,24,29H,11H2,1-2H3/t18-,19-,20-,21-,24+/m1/s1. The first-order valence-electron chi connectivity index (χ1n) is 10.7. The highest BCUT2D eigenvalue weighted by atomic mass is 32.2. The molecule has 2 aromatic rings. The Bertz CT molecular complexity index is 1120. The molecule has 2 aliphatic heterocycles. The van der Waals surface area contributed by atoms with Crippen LogP contribution in [0.1, 0.15) is 34.6 Å². The first kappa shape index (κ1) is 24.8. The summed E-state index contributed by atoms with van der Waals surface area (Å²) >= 11 is 1.04. The number of halogens is 1. The van der Waals surface area contributed by atoms with Crippen molar-refractivity contribution in [1.29, 1.82) is 0 Å². The summed E-state index contributed by atoms with van der Waals surface area (Å²) in [6, 6.07) is 10.4. The van der Waals surface area contributed by atoms with Gasteiger partial charge in [-0.05, 0) is 36.4 Å². The highest BCUT2D eigenvalue weighted by Gasteiger charge is 2.55. The average molecular weight is 504 g/mol. The number of ether oxygens (including phenoxy) is 3. The zero-order valence-electron chi connectivity index (χ0n) is 18.8. The number of hydrogen-bond donors (Lipinski definition) is 1. The lowest BCUT2D eigenvalue weighted by Crippen LogP contribution is -2.65. The Morgan fingerprint density at radius 1 is 1.03 bits per heavy atom. The molecule has 9 nitrogen and oxygen atoms in total. The van der Waals surface area contributed by atoms with Crippen LogP contribution in [-0.2, 0) is 23.8 Å². The zero-order valence-corrected chi connectivity index (χ0v) is 19.6. The van der Waals surface area contributed by atoms with E-state index in [0.717, 1.165) is 23.6 Å². The molecule has 11 heteroatoms. The number of imide groups is 1. The van der Waals surface area contributed by atoms with E-state index in [9.17, 15) is 28.7 Å². The number of benzene rings is 2. The first-order valence-corrected chi connectivity index (χ1v) is 11.6. The topological polar surface area (TPSA) is 119 Å². The van der Waals surface area contributed by atoms with Gasteiger partial charge < -0.3 is 19.3 Å². The summed E-state index contributed by atoms with van der Waals surface area (Å²) in [5.41, 5.74) is -0.724. The van der Waals surface area contributed by atoms with E-state index in [1.54, 1.807) is 12.1 Å². The number of fused-ring (bicyclic) bond motifs is 1. The Labute approximate surface area is 204 Å². The summed E-state index contributed by atoms with van der Waals surface area (Å²) < 4.78 is 29.9. The van der Waals surface area contributed by atoms with Gasteiger partial charge in [0, 0.05) is 18.7 Å². The predicted molar refractivity (Wildman–Crippen MR) is 120 cm³/mol. The van der Waals surface area contributed by atoms with Gasteiger partial charge in [0.2, 0.25) is 0 Å². The number of aliphatic hydroxyl groups excluding tert-OH is 1. The largest absolute Gasteiger partial charge is 0.463 e. The first-order chi connectivity index (χ1) is 16.7. The monoisotopic (exact) mass is 503 g/mol. The van der Waals surface area contributed by atoms with Crippen molar-refractivity contribution in [1.82, 2.24) is 4.90 Å². The number of thioether (sulfide) groups is 1. The second kappa shape index (κ2) is 10.1. The summed E-state index contributed by atoms with van der Waals surface area (Å²) in [5.74, 6) is -3.10. The third kappa shape index (κ3) is 5.07. The van der Waals surface area contributed by atoms with Crippen molar-refractivity contribution < 1.29 is 42.9 Å². The SMILES string of the molecule is CC(=O)OC[C@H]1O[C@@H](Sc2ccc(F)cc2)[C@H](N2C(=O)c3ccccc3C2=O)[C@@H](OC(C)=O)[C@@H]1O. The molecule has 184 valence electrons. The van der Waals surface area contributed by atoms with Crippen LogP contribution in [0.3, 0.4) is 0 Å². The third-order valence-electron chi connectivity index (χ3n) is 5.58. The Hall–Kier alpha value is -3.28. The quantitative estimate of drug-likeness (QED) is 0.467. The summed E-state index contributed by atoms with van der Waals surface area (Å²) in [6.45, 7) is 1.96. The van der Waals surface area contributed by atoms with Crippen molar-refractivity contribution in [3.8, 4) is 0 Å². The Kier molecular flexibility index (Phi) is 7.20. The van der Waals surface area contributed by atoms with E-state index in [-0.39, 0.29) is 17.7 Å². The molecule has 2 aliphatic rings. The summed E-state index contributed by atoms with van der Waals surface area (Å²) in [6.07, 6.45) is -4.05. The van der Waals surface area contributed by atoms with Gasteiger partial charge in [0.05, 0.1) is 11.1 Å². The molecule has 0 aliphatic carbocycles. The molecule has 2 aromatic carbocycles. The number of hydrogen-bond acceptors (Lipinski definition) is 9. The van der Waals surface area contributed by atoms with Crippen LogP contribution in [0.2, 0.25) is 0 Å². The minimum atomic E-state index is -1.53. The second-order valence-electron chi connectivity index (χ2n) is 8.00. The highest BCUT2D eigenvalue weighted by molar-refractivity contribution is 7.99. The molecule has 0 unspecified atom stereocenters. The third-order valence-corrected chi connectivity index (χ3v) is 6.75.